The highest BCUT2D eigenvalue weighted by Gasteiger charge is 2.22. The van der Waals surface area contributed by atoms with Gasteiger partial charge in [-0.25, -0.2) is 0 Å². The zero-order chi connectivity index (χ0) is 16.1. The smallest absolute Gasteiger partial charge is 0.197 e. The highest BCUT2D eigenvalue weighted by atomic mass is 16.5. The van der Waals surface area contributed by atoms with Gasteiger partial charge < -0.3 is 9.47 Å². The van der Waals surface area contributed by atoms with Gasteiger partial charge in [0, 0.05) is 12.0 Å². The van der Waals surface area contributed by atoms with Gasteiger partial charge in [0.05, 0.1) is 19.8 Å². The first-order valence-corrected chi connectivity index (χ1v) is 6.91. The van der Waals surface area contributed by atoms with Gasteiger partial charge in [0.25, 0.3) is 0 Å². The van der Waals surface area contributed by atoms with Crippen LogP contribution in [0.2, 0.25) is 0 Å². The maximum atomic E-state index is 12.8. The molecular weight excluding hydrogens is 280 g/mol. The van der Waals surface area contributed by atoms with Crippen molar-refractivity contribution in [3.05, 3.63) is 59.2 Å². The fraction of sp³-hybridized carbons (Fsp3) is 0.222. The molecule has 0 amide bonds. The van der Waals surface area contributed by atoms with Gasteiger partial charge >= 0.3 is 0 Å². The topological polar surface area (TPSA) is 52.6 Å². The van der Waals surface area contributed by atoms with Gasteiger partial charge in [-0.1, -0.05) is 36.4 Å². The minimum atomic E-state index is -0.187. The lowest BCUT2D eigenvalue weighted by molar-refractivity contribution is -0.116. The number of hydrogen-bond acceptors (Lipinski definition) is 4. The Morgan fingerprint density at radius 3 is 2.18 bits per heavy atom. The molecule has 0 aliphatic heterocycles. The number of carbonyl (C=O) groups excluding carboxylic acids is 2. The summed E-state index contributed by atoms with van der Waals surface area (Å²) in [7, 11) is 3.00. The van der Waals surface area contributed by atoms with Crippen LogP contribution in [0.15, 0.2) is 42.5 Å². The van der Waals surface area contributed by atoms with Crippen LogP contribution < -0.4 is 9.47 Å². The summed E-state index contributed by atoms with van der Waals surface area (Å²) in [6.07, 6.45) is 0.175. The molecule has 2 aromatic carbocycles. The summed E-state index contributed by atoms with van der Waals surface area (Å²) in [5.74, 6) is 0.617. The summed E-state index contributed by atoms with van der Waals surface area (Å²) in [6, 6.07) is 12.3. The van der Waals surface area contributed by atoms with Crippen molar-refractivity contribution in [2.45, 2.75) is 13.3 Å². The van der Waals surface area contributed by atoms with Crippen LogP contribution >= 0.6 is 0 Å². The van der Waals surface area contributed by atoms with E-state index in [0.717, 1.165) is 0 Å². The zero-order valence-corrected chi connectivity index (χ0v) is 12.9. The van der Waals surface area contributed by atoms with Crippen molar-refractivity contribution in [1.29, 1.82) is 0 Å². The van der Waals surface area contributed by atoms with Crippen molar-refractivity contribution in [2.75, 3.05) is 14.2 Å². The summed E-state index contributed by atoms with van der Waals surface area (Å²) in [5.41, 5.74) is 1.56. The van der Waals surface area contributed by atoms with Gasteiger partial charge in [0.15, 0.2) is 17.3 Å². The Morgan fingerprint density at radius 2 is 1.64 bits per heavy atom. The third kappa shape index (κ3) is 3.17. The van der Waals surface area contributed by atoms with Gasteiger partial charge in [-0.3, -0.25) is 9.59 Å². The highest BCUT2D eigenvalue weighted by Crippen LogP contribution is 2.35. The second-order valence-corrected chi connectivity index (χ2v) is 4.91. The van der Waals surface area contributed by atoms with Crippen LogP contribution in [0.3, 0.4) is 0 Å². The van der Waals surface area contributed by atoms with E-state index in [0.29, 0.717) is 28.2 Å². The maximum Gasteiger partial charge on any atom is 0.197 e. The third-order valence-corrected chi connectivity index (χ3v) is 3.33. The van der Waals surface area contributed by atoms with E-state index in [-0.39, 0.29) is 18.0 Å². The molecule has 0 N–H and O–H groups in total. The minimum absolute atomic E-state index is 0.0191. The fourth-order valence-corrected chi connectivity index (χ4v) is 2.37. The van der Waals surface area contributed by atoms with Crippen molar-refractivity contribution in [2.24, 2.45) is 0 Å². The summed E-state index contributed by atoms with van der Waals surface area (Å²) >= 11 is 0. The Kier molecular flexibility index (Phi) is 4.94. The van der Waals surface area contributed by atoms with Crippen LogP contribution in [0.5, 0.6) is 11.5 Å². The number of ether oxygens (including phenoxy) is 2. The molecule has 0 saturated heterocycles. The SMILES string of the molecule is COc1ccc(CC(C)=O)c(C(=O)c2ccccc2)c1OC. The Hall–Kier alpha value is -2.62. The van der Waals surface area contributed by atoms with E-state index in [9.17, 15) is 9.59 Å². The molecule has 2 rings (SSSR count). The molecular formula is C18H18O4. The van der Waals surface area contributed by atoms with Crippen LogP contribution in [-0.2, 0) is 11.2 Å². The van der Waals surface area contributed by atoms with E-state index in [4.69, 9.17) is 9.47 Å². The molecule has 22 heavy (non-hydrogen) atoms. The molecule has 4 nitrogen and oxygen atoms in total. The van der Waals surface area contributed by atoms with Crippen molar-refractivity contribution >= 4 is 11.6 Å². The normalized spacial score (nSPS) is 10.1. The van der Waals surface area contributed by atoms with Crippen molar-refractivity contribution in [3.8, 4) is 11.5 Å². The molecule has 0 fully saturated rings. The van der Waals surface area contributed by atoms with E-state index < -0.39 is 0 Å². The van der Waals surface area contributed by atoms with Crippen LogP contribution in [0.1, 0.15) is 28.4 Å². The number of hydrogen-bond donors (Lipinski definition) is 0. The fourth-order valence-electron chi connectivity index (χ4n) is 2.37. The molecule has 0 aliphatic carbocycles. The molecule has 0 heterocycles. The van der Waals surface area contributed by atoms with E-state index >= 15 is 0 Å². The standard InChI is InChI=1S/C18H18O4/c1-12(19)11-14-9-10-15(21-2)18(22-3)16(14)17(20)13-7-5-4-6-8-13/h4-10H,11H2,1-3H3. The van der Waals surface area contributed by atoms with Gasteiger partial charge in [-0.2, -0.15) is 0 Å². The molecule has 0 unspecified atom stereocenters. The Bertz CT molecular complexity index is 690. The first kappa shape index (κ1) is 15.8. The number of Topliss-reactive ketones (excluding diaryl/α,β-unsaturated/α-hetero) is 1. The van der Waals surface area contributed by atoms with E-state index in [1.165, 1.54) is 21.1 Å². The average Bonchev–Trinajstić information content (AvgIpc) is 2.54. The number of methoxy groups -OCH3 is 2. The predicted octanol–water partition coefficient (Wildman–Crippen LogP) is 3.07. The first-order valence-electron chi connectivity index (χ1n) is 6.91. The summed E-state index contributed by atoms with van der Waals surface area (Å²) in [5, 5.41) is 0. The number of benzene rings is 2. The lowest BCUT2D eigenvalue weighted by atomic mass is 9.94. The molecule has 0 bridgehead atoms. The molecule has 0 atom stereocenters. The van der Waals surface area contributed by atoms with Crippen molar-refractivity contribution < 1.29 is 19.1 Å². The Morgan fingerprint density at radius 1 is 0.955 bits per heavy atom. The minimum Gasteiger partial charge on any atom is -0.493 e. The van der Waals surface area contributed by atoms with E-state index in [1.807, 2.05) is 6.07 Å². The van der Waals surface area contributed by atoms with Crippen LogP contribution in [0, 0.1) is 0 Å². The van der Waals surface area contributed by atoms with E-state index in [2.05, 4.69) is 0 Å². The molecule has 0 spiro atoms. The molecule has 114 valence electrons. The third-order valence-electron chi connectivity index (χ3n) is 3.33. The van der Waals surface area contributed by atoms with Gasteiger partial charge in [-0.15, -0.1) is 0 Å². The molecule has 0 saturated carbocycles. The molecule has 0 radical (unpaired) electrons. The number of rotatable bonds is 6. The van der Waals surface area contributed by atoms with Crippen molar-refractivity contribution in [3.63, 3.8) is 0 Å². The van der Waals surface area contributed by atoms with Crippen LogP contribution in [0.25, 0.3) is 0 Å². The monoisotopic (exact) mass is 298 g/mol. The van der Waals surface area contributed by atoms with Crippen molar-refractivity contribution in [1.82, 2.24) is 0 Å². The second kappa shape index (κ2) is 6.89. The predicted molar refractivity (Wildman–Crippen MR) is 83.8 cm³/mol. The molecule has 2 aromatic rings. The Balaban J connectivity index is 2.63. The highest BCUT2D eigenvalue weighted by molar-refractivity contribution is 6.12. The first-order chi connectivity index (χ1) is 10.6. The summed E-state index contributed by atoms with van der Waals surface area (Å²) in [4.78, 5) is 24.3. The van der Waals surface area contributed by atoms with Gasteiger partial charge in [0.2, 0.25) is 0 Å². The van der Waals surface area contributed by atoms with E-state index in [1.54, 1.807) is 36.4 Å². The zero-order valence-electron chi connectivity index (χ0n) is 12.9. The molecule has 0 aromatic heterocycles. The average molecular weight is 298 g/mol. The van der Waals surface area contributed by atoms with Crippen LogP contribution in [0.4, 0.5) is 0 Å². The number of carbonyl (C=O) groups is 2. The summed E-state index contributed by atoms with van der Waals surface area (Å²) < 4.78 is 10.6. The lowest BCUT2D eigenvalue weighted by Gasteiger charge is -2.15. The second-order valence-electron chi connectivity index (χ2n) is 4.91. The number of ketones is 2. The quantitative estimate of drug-likeness (QED) is 0.769. The van der Waals surface area contributed by atoms with Gasteiger partial charge in [0.1, 0.15) is 5.78 Å². The largest absolute Gasteiger partial charge is 0.493 e. The molecule has 4 heteroatoms. The van der Waals surface area contributed by atoms with Crippen LogP contribution in [-0.4, -0.2) is 25.8 Å². The lowest BCUT2D eigenvalue weighted by Crippen LogP contribution is -2.11. The summed E-state index contributed by atoms with van der Waals surface area (Å²) in [6.45, 7) is 1.49. The van der Waals surface area contributed by atoms with Gasteiger partial charge in [-0.05, 0) is 18.6 Å². The maximum absolute atomic E-state index is 12.8. The molecule has 0 aliphatic rings. The Labute approximate surface area is 129 Å².